The Balaban J connectivity index is 1.93. The van der Waals surface area contributed by atoms with Crippen LogP contribution in [0.1, 0.15) is 37.6 Å². The summed E-state index contributed by atoms with van der Waals surface area (Å²) in [5.41, 5.74) is 3.51. The van der Waals surface area contributed by atoms with Crippen molar-refractivity contribution in [1.29, 1.82) is 0 Å². The summed E-state index contributed by atoms with van der Waals surface area (Å²) in [6.07, 6.45) is 7.96. The zero-order valence-corrected chi connectivity index (χ0v) is 13.1. The number of hydrogen-bond donors (Lipinski definition) is 0. The predicted molar refractivity (Wildman–Crippen MR) is 94.6 cm³/mol. The van der Waals surface area contributed by atoms with Crippen LogP contribution < -0.4 is 0 Å². The van der Waals surface area contributed by atoms with Crippen molar-refractivity contribution < 1.29 is 0 Å². The van der Waals surface area contributed by atoms with Crippen LogP contribution in [0.2, 0.25) is 0 Å². The van der Waals surface area contributed by atoms with Crippen molar-refractivity contribution in [3.63, 3.8) is 0 Å². The minimum absolute atomic E-state index is 1.03. The van der Waals surface area contributed by atoms with Gasteiger partial charge in [-0.05, 0) is 30.2 Å². The standard InChI is InChI=1S/C20H22N2/c1-2-3-9-16-22-19-13-8-7-12-18(19)21-20(22)15-14-17-10-5-4-6-11-17/h4-8,10-15H,2-3,9,16H2,1H3/b15-14+. The molecule has 0 saturated heterocycles. The van der Waals surface area contributed by atoms with Crippen LogP contribution in [0.5, 0.6) is 0 Å². The maximum absolute atomic E-state index is 4.78. The van der Waals surface area contributed by atoms with Gasteiger partial charge >= 0.3 is 0 Å². The van der Waals surface area contributed by atoms with Crippen LogP contribution in [-0.2, 0) is 6.54 Å². The molecule has 3 aromatic rings. The second kappa shape index (κ2) is 7.08. The third kappa shape index (κ3) is 3.28. The first-order chi connectivity index (χ1) is 10.9. The van der Waals surface area contributed by atoms with Gasteiger partial charge in [-0.15, -0.1) is 0 Å². The van der Waals surface area contributed by atoms with E-state index in [0.717, 1.165) is 17.9 Å². The van der Waals surface area contributed by atoms with E-state index in [1.807, 2.05) is 6.07 Å². The van der Waals surface area contributed by atoms with Crippen molar-refractivity contribution in [1.82, 2.24) is 9.55 Å². The highest BCUT2D eigenvalue weighted by molar-refractivity contribution is 5.79. The molecule has 0 aliphatic heterocycles. The molecule has 0 fully saturated rings. The number of fused-ring (bicyclic) bond motifs is 1. The summed E-state index contributed by atoms with van der Waals surface area (Å²) in [6, 6.07) is 18.8. The number of nitrogens with zero attached hydrogens (tertiary/aromatic N) is 2. The van der Waals surface area contributed by atoms with Crippen LogP contribution in [0.15, 0.2) is 54.6 Å². The molecule has 112 valence electrons. The Morgan fingerprint density at radius 3 is 2.50 bits per heavy atom. The highest BCUT2D eigenvalue weighted by Gasteiger charge is 2.07. The van der Waals surface area contributed by atoms with E-state index in [-0.39, 0.29) is 0 Å². The fourth-order valence-electron chi connectivity index (χ4n) is 2.71. The van der Waals surface area contributed by atoms with E-state index >= 15 is 0 Å². The van der Waals surface area contributed by atoms with Gasteiger partial charge in [0.2, 0.25) is 0 Å². The molecule has 3 rings (SSSR count). The molecule has 0 spiro atoms. The topological polar surface area (TPSA) is 17.8 Å². The molecule has 0 saturated carbocycles. The highest BCUT2D eigenvalue weighted by Crippen LogP contribution is 2.19. The van der Waals surface area contributed by atoms with Crippen LogP contribution in [0.4, 0.5) is 0 Å². The SMILES string of the molecule is CCCCCn1c(/C=C/c2ccccc2)nc2ccccc21. The summed E-state index contributed by atoms with van der Waals surface area (Å²) < 4.78 is 2.34. The Morgan fingerprint density at radius 1 is 0.909 bits per heavy atom. The van der Waals surface area contributed by atoms with Gasteiger partial charge in [0.1, 0.15) is 5.82 Å². The fourth-order valence-corrected chi connectivity index (χ4v) is 2.71. The van der Waals surface area contributed by atoms with Crippen molar-refractivity contribution >= 4 is 23.2 Å². The first kappa shape index (κ1) is 14.6. The smallest absolute Gasteiger partial charge is 0.133 e. The quantitative estimate of drug-likeness (QED) is 0.556. The monoisotopic (exact) mass is 290 g/mol. The van der Waals surface area contributed by atoms with E-state index in [4.69, 9.17) is 4.98 Å². The summed E-state index contributed by atoms with van der Waals surface area (Å²) in [7, 11) is 0. The Morgan fingerprint density at radius 2 is 1.68 bits per heavy atom. The van der Waals surface area contributed by atoms with Crippen molar-refractivity contribution in [3.8, 4) is 0 Å². The lowest BCUT2D eigenvalue weighted by atomic mass is 10.2. The van der Waals surface area contributed by atoms with Gasteiger partial charge in [-0.1, -0.05) is 68.3 Å². The molecule has 2 heteroatoms. The van der Waals surface area contributed by atoms with E-state index in [2.05, 4.69) is 72.2 Å². The van der Waals surface area contributed by atoms with E-state index in [9.17, 15) is 0 Å². The average Bonchev–Trinajstić information content (AvgIpc) is 2.92. The van der Waals surface area contributed by atoms with Crippen molar-refractivity contribution in [2.75, 3.05) is 0 Å². The van der Waals surface area contributed by atoms with Crippen molar-refractivity contribution in [2.24, 2.45) is 0 Å². The van der Waals surface area contributed by atoms with Gasteiger partial charge in [0, 0.05) is 6.54 Å². The Kier molecular flexibility index (Phi) is 4.69. The summed E-state index contributed by atoms with van der Waals surface area (Å²) in [6.45, 7) is 3.27. The summed E-state index contributed by atoms with van der Waals surface area (Å²) in [5, 5.41) is 0. The molecular weight excluding hydrogens is 268 g/mol. The number of rotatable bonds is 6. The maximum Gasteiger partial charge on any atom is 0.133 e. The summed E-state index contributed by atoms with van der Waals surface area (Å²) in [5.74, 6) is 1.04. The molecule has 0 aliphatic carbocycles. The molecule has 0 unspecified atom stereocenters. The van der Waals surface area contributed by atoms with Gasteiger partial charge in [-0.2, -0.15) is 0 Å². The first-order valence-electron chi connectivity index (χ1n) is 8.07. The van der Waals surface area contributed by atoms with Gasteiger partial charge in [-0.25, -0.2) is 4.98 Å². The lowest BCUT2D eigenvalue weighted by Gasteiger charge is -2.06. The minimum Gasteiger partial charge on any atom is -0.324 e. The molecule has 2 nitrogen and oxygen atoms in total. The minimum atomic E-state index is 1.03. The number of para-hydroxylation sites is 2. The maximum atomic E-state index is 4.78. The zero-order chi connectivity index (χ0) is 15.2. The van der Waals surface area contributed by atoms with Crippen LogP contribution in [0.3, 0.4) is 0 Å². The molecular formula is C20H22N2. The van der Waals surface area contributed by atoms with Crippen LogP contribution in [-0.4, -0.2) is 9.55 Å². The number of benzene rings is 2. The Labute approximate surface area is 132 Å². The first-order valence-corrected chi connectivity index (χ1v) is 8.07. The van der Waals surface area contributed by atoms with Gasteiger partial charge in [0.05, 0.1) is 11.0 Å². The molecule has 1 heterocycles. The van der Waals surface area contributed by atoms with Crippen molar-refractivity contribution in [2.45, 2.75) is 32.7 Å². The lowest BCUT2D eigenvalue weighted by molar-refractivity contribution is 0.610. The molecule has 0 bridgehead atoms. The van der Waals surface area contributed by atoms with Gasteiger partial charge in [-0.3, -0.25) is 0 Å². The number of aromatic nitrogens is 2. The highest BCUT2D eigenvalue weighted by atomic mass is 15.1. The largest absolute Gasteiger partial charge is 0.324 e. The fraction of sp³-hybridized carbons (Fsp3) is 0.250. The average molecular weight is 290 g/mol. The van der Waals surface area contributed by atoms with E-state index < -0.39 is 0 Å². The summed E-state index contributed by atoms with van der Waals surface area (Å²) >= 11 is 0. The molecule has 0 aliphatic rings. The molecule has 1 aromatic heterocycles. The number of aryl methyl sites for hydroxylation is 1. The molecule has 0 N–H and O–H groups in total. The van der Waals surface area contributed by atoms with Crippen LogP contribution >= 0.6 is 0 Å². The summed E-state index contributed by atoms with van der Waals surface area (Å²) in [4.78, 5) is 4.78. The van der Waals surface area contributed by atoms with Crippen LogP contribution in [0.25, 0.3) is 23.2 Å². The van der Waals surface area contributed by atoms with Gasteiger partial charge < -0.3 is 4.57 Å². The van der Waals surface area contributed by atoms with E-state index in [1.165, 1.54) is 30.3 Å². The van der Waals surface area contributed by atoms with Crippen molar-refractivity contribution in [3.05, 3.63) is 66.0 Å². The van der Waals surface area contributed by atoms with E-state index in [1.54, 1.807) is 0 Å². The number of unbranched alkanes of at least 4 members (excludes halogenated alkanes) is 2. The second-order valence-electron chi connectivity index (χ2n) is 5.56. The normalized spacial score (nSPS) is 11.5. The zero-order valence-electron chi connectivity index (χ0n) is 13.1. The predicted octanol–water partition coefficient (Wildman–Crippen LogP) is 5.40. The molecule has 0 radical (unpaired) electrons. The molecule has 22 heavy (non-hydrogen) atoms. The molecule has 0 atom stereocenters. The third-order valence-electron chi connectivity index (χ3n) is 3.89. The van der Waals surface area contributed by atoms with Gasteiger partial charge in [0.15, 0.2) is 0 Å². The Hall–Kier alpha value is -2.35. The number of hydrogen-bond acceptors (Lipinski definition) is 1. The second-order valence-corrected chi connectivity index (χ2v) is 5.56. The van der Waals surface area contributed by atoms with Crippen LogP contribution in [0, 0.1) is 0 Å². The Bertz CT molecular complexity index is 754. The number of imidazole rings is 1. The molecule has 2 aromatic carbocycles. The van der Waals surface area contributed by atoms with E-state index in [0.29, 0.717) is 0 Å². The van der Waals surface area contributed by atoms with Gasteiger partial charge in [0.25, 0.3) is 0 Å². The third-order valence-corrected chi connectivity index (χ3v) is 3.89. The lowest BCUT2D eigenvalue weighted by Crippen LogP contribution is -2.00. The molecule has 0 amide bonds.